The molecule has 0 bridgehead atoms. The van der Waals surface area contributed by atoms with E-state index < -0.39 is 11.4 Å². The summed E-state index contributed by atoms with van der Waals surface area (Å²) in [5.41, 5.74) is -0.513. The van der Waals surface area contributed by atoms with Gasteiger partial charge in [0.25, 0.3) is 0 Å². The molecule has 1 heterocycles. The molecule has 0 fully saturated rings. The topological polar surface area (TPSA) is 66.4 Å². The summed E-state index contributed by atoms with van der Waals surface area (Å²) in [7, 11) is 0. The summed E-state index contributed by atoms with van der Waals surface area (Å²) in [5, 5.41) is 11.6. The number of carbonyl (C=O) groups is 2. The third kappa shape index (κ3) is 5.31. The van der Waals surface area contributed by atoms with Crippen molar-refractivity contribution in [2.45, 2.75) is 40.2 Å². The van der Waals surface area contributed by atoms with E-state index in [1.165, 1.54) is 4.88 Å². The van der Waals surface area contributed by atoms with Crippen LogP contribution in [0.5, 0.6) is 0 Å². The van der Waals surface area contributed by atoms with E-state index in [4.69, 9.17) is 5.11 Å². The van der Waals surface area contributed by atoms with Crippen LogP contribution in [0.15, 0.2) is 12.1 Å². The highest BCUT2D eigenvalue weighted by atomic mass is 32.1. The van der Waals surface area contributed by atoms with Gasteiger partial charge in [0.05, 0.1) is 13.0 Å². The van der Waals surface area contributed by atoms with E-state index >= 15 is 0 Å². The van der Waals surface area contributed by atoms with Crippen molar-refractivity contribution in [1.82, 2.24) is 5.32 Å². The van der Waals surface area contributed by atoms with Crippen molar-refractivity contribution in [3.8, 4) is 0 Å². The molecule has 4 nitrogen and oxygen atoms in total. The zero-order valence-corrected chi connectivity index (χ0v) is 11.8. The number of nitrogens with one attached hydrogen (secondary N) is 1. The molecular weight excluding hydrogens is 250 g/mol. The van der Waals surface area contributed by atoms with Crippen LogP contribution in [0.25, 0.3) is 0 Å². The van der Waals surface area contributed by atoms with Crippen LogP contribution in [0.1, 0.15) is 36.4 Å². The summed E-state index contributed by atoms with van der Waals surface area (Å²) in [6, 6.07) is 4.00. The molecule has 18 heavy (non-hydrogen) atoms. The second-order valence-corrected chi connectivity index (χ2v) is 6.57. The van der Waals surface area contributed by atoms with Crippen LogP contribution in [0.3, 0.4) is 0 Å². The molecule has 5 heteroatoms. The Bertz CT molecular complexity index is 437. The van der Waals surface area contributed by atoms with Gasteiger partial charge in [-0.15, -0.1) is 11.3 Å². The van der Waals surface area contributed by atoms with Crippen molar-refractivity contribution in [1.29, 1.82) is 0 Å². The highest BCUT2D eigenvalue weighted by Crippen LogP contribution is 2.24. The number of aliphatic carboxylic acids is 1. The minimum absolute atomic E-state index is 0.00146. The van der Waals surface area contributed by atoms with Crippen LogP contribution in [-0.4, -0.2) is 17.0 Å². The predicted molar refractivity (Wildman–Crippen MR) is 71.6 cm³/mol. The number of carbonyl (C=O) groups excluding carboxylic acids is 1. The lowest BCUT2D eigenvalue weighted by atomic mass is 9.85. The molecule has 0 radical (unpaired) electrons. The van der Waals surface area contributed by atoms with E-state index in [0.717, 1.165) is 4.88 Å². The smallest absolute Gasteiger partial charge is 0.303 e. The number of amides is 1. The first-order valence-corrected chi connectivity index (χ1v) is 6.64. The molecule has 100 valence electrons. The molecule has 0 aliphatic carbocycles. The lowest BCUT2D eigenvalue weighted by Crippen LogP contribution is -2.29. The second kappa shape index (κ2) is 6.00. The zero-order chi connectivity index (χ0) is 13.8. The molecule has 0 spiro atoms. The van der Waals surface area contributed by atoms with Gasteiger partial charge in [-0.3, -0.25) is 9.59 Å². The number of rotatable bonds is 6. The summed E-state index contributed by atoms with van der Waals surface area (Å²) < 4.78 is 0. The van der Waals surface area contributed by atoms with Crippen molar-refractivity contribution < 1.29 is 14.7 Å². The fourth-order valence-corrected chi connectivity index (χ4v) is 2.56. The van der Waals surface area contributed by atoms with Crippen molar-refractivity contribution >= 4 is 23.2 Å². The van der Waals surface area contributed by atoms with Gasteiger partial charge in [-0.2, -0.15) is 0 Å². The second-order valence-electron chi connectivity index (χ2n) is 5.20. The summed E-state index contributed by atoms with van der Waals surface area (Å²) in [4.78, 5) is 24.7. The summed E-state index contributed by atoms with van der Waals surface area (Å²) in [6.07, 6.45) is 0.224. The zero-order valence-electron chi connectivity index (χ0n) is 10.9. The van der Waals surface area contributed by atoms with Gasteiger partial charge in [-0.05, 0) is 24.5 Å². The van der Waals surface area contributed by atoms with E-state index in [1.54, 1.807) is 25.2 Å². The van der Waals surface area contributed by atoms with E-state index in [0.29, 0.717) is 6.54 Å². The van der Waals surface area contributed by atoms with Crippen LogP contribution >= 0.6 is 11.3 Å². The van der Waals surface area contributed by atoms with Crippen LogP contribution in [-0.2, 0) is 16.1 Å². The van der Waals surface area contributed by atoms with Gasteiger partial charge < -0.3 is 10.4 Å². The SMILES string of the molecule is Cc1ccc(CNC(=O)CC(C)(C)CC(=O)O)s1. The number of carboxylic acid groups (broad SMARTS) is 1. The molecule has 0 aromatic carbocycles. The van der Waals surface area contributed by atoms with Gasteiger partial charge in [0.2, 0.25) is 5.91 Å². The molecule has 0 aliphatic heterocycles. The number of thiophene rings is 1. The van der Waals surface area contributed by atoms with Crippen LogP contribution in [0, 0.1) is 12.3 Å². The van der Waals surface area contributed by atoms with E-state index in [9.17, 15) is 9.59 Å². The van der Waals surface area contributed by atoms with Crippen molar-refractivity contribution in [2.75, 3.05) is 0 Å². The number of aryl methyl sites for hydroxylation is 1. The maximum atomic E-state index is 11.7. The number of carboxylic acids is 1. The maximum absolute atomic E-state index is 11.7. The summed E-state index contributed by atoms with van der Waals surface area (Å²) >= 11 is 1.65. The lowest BCUT2D eigenvalue weighted by molar-refractivity contribution is -0.139. The Hall–Kier alpha value is -1.36. The van der Waals surface area contributed by atoms with Gasteiger partial charge >= 0.3 is 5.97 Å². The molecule has 1 aromatic heterocycles. The Kier molecular flexibility index (Phi) is 4.90. The van der Waals surface area contributed by atoms with Gasteiger partial charge in [0.15, 0.2) is 0 Å². The Labute approximate surface area is 111 Å². The average molecular weight is 269 g/mol. The van der Waals surface area contributed by atoms with Crippen molar-refractivity contribution in [3.05, 3.63) is 21.9 Å². The quantitative estimate of drug-likeness (QED) is 0.834. The largest absolute Gasteiger partial charge is 0.481 e. The molecule has 0 aliphatic rings. The summed E-state index contributed by atoms with van der Waals surface area (Å²) in [5.74, 6) is -0.978. The molecule has 1 rings (SSSR count). The first kappa shape index (κ1) is 14.7. The van der Waals surface area contributed by atoms with E-state index in [-0.39, 0.29) is 18.7 Å². The first-order valence-electron chi connectivity index (χ1n) is 5.82. The van der Waals surface area contributed by atoms with E-state index in [1.807, 2.05) is 19.1 Å². The van der Waals surface area contributed by atoms with Crippen LogP contribution in [0.2, 0.25) is 0 Å². The Balaban J connectivity index is 2.39. The van der Waals surface area contributed by atoms with Crippen LogP contribution in [0.4, 0.5) is 0 Å². The fourth-order valence-electron chi connectivity index (χ4n) is 1.73. The summed E-state index contributed by atoms with van der Waals surface area (Å²) in [6.45, 7) is 6.11. The highest BCUT2D eigenvalue weighted by Gasteiger charge is 2.25. The van der Waals surface area contributed by atoms with Gasteiger partial charge in [-0.1, -0.05) is 13.8 Å². The van der Waals surface area contributed by atoms with Crippen LogP contribution < -0.4 is 5.32 Å². The Morgan fingerprint density at radius 2 is 2.00 bits per heavy atom. The van der Waals surface area contributed by atoms with Gasteiger partial charge in [-0.25, -0.2) is 0 Å². The number of hydrogen-bond donors (Lipinski definition) is 2. The maximum Gasteiger partial charge on any atom is 0.303 e. The van der Waals surface area contributed by atoms with Crippen molar-refractivity contribution in [3.63, 3.8) is 0 Å². The Morgan fingerprint density at radius 3 is 2.50 bits per heavy atom. The average Bonchev–Trinajstić information content (AvgIpc) is 2.58. The fraction of sp³-hybridized carbons (Fsp3) is 0.538. The first-order chi connectivity index (χ1) is 8.28. The molecule has 1 amide bonds. The van der Waals surface area contributed by atoms with E-state index in [2.05, 4.69) is 5.32 Å². The normalized spacial score (nSPS) is 11.3. The number of hydrogen-bond acceptors (Lipinski definition) is 3. The predicted octanol–water partition coefficient (Wildman–Crippen LogP) is 2.56. The lowest BCUT2D eigenvalue weighted by Gasteiger charge is -2.21. The molecular formula is C13H19NO3S. The van der Waals surface area contributed by atoms with Gasteiger partial charge in [0, 0.05) is 16.2 Å². The third-order valence-corrected chi connectivity index (χ3v) is 3.53. The van der Waals surface area contributed by atoms with Gasteiger partial charge in [0.1, 0.15) is 0 Å². The monoisotopic (exact) mass is 269 g/mol. The highest BCUT2D eigenvalue weighted by molar-refractivity contribution is 7.11. The molecule has 0 atom stereocenters. The standard InChI is InChI=1S/C13H19NO3S/c1-9-4-5-10(18-9)8-14-11(15)6-13(2,3)7-12(16)17/h4-5H,6-8H2,1-3H3,(H,14,15)(H,16,17). The third-order valence-electron chi connectivity index (χ3n) is 2.52. The minimum Gasteiger partial charge on any atom is -0.481 e. The Morgan fingerprint density at radius 1 is 1.33 bits per heavy atom. The van der Waals surface area contributed by atoms with Crippen molar-refractivity contribution in [2.24, 2.45) is 5.41 Å². The molecule has 0 saturated heterocycles. The molecule has 0 unspecified atom stereocenters. The molecule has 0 saturated carbocycles. The molecule has 2 N–H and O–H groups in total. The minimum atomic E-state index is -0.873. The molecule has 1 aromatic rings.